The number of likely N-dealkylation sites (N-methyl/N-ethyl adjacent to an activating group) is 1. The molecule has 106 valence electrons. The Labute approximate surface area is 113 Å². The highest BCUT2D eigenvalue weighted by Crippen LogP contribution is 2.25. The van der Waals surface area contributed by atoms with Gasteiger partial charge < -0.3 is 4.90 Å². The molecule has 1 heterocycles. The highest BCUT2D eigenvalue weighted by molar-refractivity contribution is 5.47. The van der Waals surface area contributed by atoms with Crippen LogP contribution in [0.5, 0.6) is 0 Å². The first kappa shape index (κ1) is 14.3. The fraction of sp³-hybridized carbons (Fsp3) is 0.214. The zero-order chi connectivity index (χ0) is 14.7. The third kappa shape index (κ3) is 2.89. The second kappa shape index (κ2) is 5.90. The average Bonchev–Trinajstić information content (AvgIpc) is 2.44. The highest BCUT2D eigenvalue weighted by atomic mass is 19.2. The van der Waals surface area contributed by atoms with Crippen LogP contribution in [0.3, 0.4) is 0 Å². The molecule has 2 rings (SSSR count). The Morgan fingerprint density at radius 3 is 2.05 bits per heavy atom. The molecule has 0 atom stereocenters. The van der Waals surface area contributed by atoms with Crippen molar-refractivity contribution in [3.8, 4) is 0 Å². The quantitative estimate of drug-likeness (QED) is 0.632. The second-order valence-corrected chi connectivity index (χ2v) is 4.33. The minimum Gasteiger partial charge on any atom is -0.369 e. The molecule has 0 radical (unpaired) electrons. The van der Waals surface area contributed by atoms with Crippen LogP contribution in [0.2, 0.25) is 0 Å². The molecule has 0 spiro atoms. The largest absolute Gasteiger partial charge is 0.369 e. The molecule has 20 heavy (non-hydrogen) atoms. The fourth-order valence-electron chi connectivity index (χ4n) is 1.86. The minimum atomic E-state index is -1.65. The maximum atomic E-state index is 13.5. The minimum absolute atomic E-state index is 0.209. The lowest BCUT2D eigenvalue weighted by Gasteiger charge is -2.20. The lowest BCUT2D eigenvalue weighted by atomic mass is 10.1. The van der Waals surface area contributed by atoms with E-state index in [0.717, 1.165) is 10.5 Å². The van der Waals surface area contributed by atoms with Gasteiger partial charge in [-0.05, 0) is 12.0 Å². The topological polar surface area (TPSA) is 16.1 Å². The van der Waals surface area contributed by atoms with E-state index in [-0.39, 0.29) is 6.54 Å². The van der Waals surface area contributed by atoms with Crippen molar-refractivity contribution in [2.75, 3.05) is 18.5 Å². The van der Waals surface area contributed by atoms with Crippen molar-refractivity contribution >= 4 is 5.69 Å². The maximum Gasteiger partial charge on any atom is 0.253 e. The number of halogens is 4. The van der Waals surface area contributed by atoms with Gasteiger partial charge in [-0.25, -0.2) is 0 Å². The summed E-state index contributed by atoms with van der Waals surface area (Å²) in [5.41, 5.74) is 0.209. The first-order valence-electron chi connectivity index (χ1n) is 5.95. The van der Waals surface area contributed by atoms with Gasteiger partial charge in [0.15, 0.2) is 0 Å². The van der Waals surface area contributed by atoms with Crippen LogP contribution in [-0.4, -0.2) is 18.6 Å². The third-order valence-electron chi connectivity index (χ3n) is 2.93. The summed E-state index contributed by atoms with van der Waals surface area (Å²) >= 11 is 0. The molecule has 0 saturated heterocycles. The Hall–Kier alpha value is -2.11. The molecule has 0 N–H and O–H groups in total. The number of benzene rings is 1. The van der Waals surface area contributed by atoms with Crippen LogP contribution in [0.1, 0.15) is 5.56 Å². The molecule has 0 saturated carbocycles. The summed E-state index contributed by atoms with van der Waals surface area (Å²) in [6.07, 6.45) is 0.488. The number of rotatable bonds is 4. The molecule has 0 aliphatic carbocycles. The van der Waals surface area contributed by atoms with Crippen LogP contribution in [0, 0.1) is 23.5 Å². The van der Waals surface area contributed by atoms with Crippen LogP contribution in [0.4, 0.5) is 23.2 Å². The van der Waals surface area contributed by atoms with Crippen LogP contribution in [0.25, 0.3) is 0 Å². The van der Waals surface area contributed by atoms with Gasteiger partial charge in [0, 0.05) is 13.6 Å². The normalized spacial score (nSPS) is 10.7. The van der Waals surface area contributed by atoms with Gasteiger partial charge in [-0.3, -0.25) is 0 Å². The summed E-state index contributed by atoms with van der Waals surface area (Å²) in [7, 11) is 1.36. The van der Waals surface area contributed by atoms with Gasteiger partial charge in [-0.15, -0.1) is 0 Å². The van der Waals surface area contributed by atoms with Gasteiger partial charge in [-0.2, -0.15) is 22.5 Å². The van der Waals surface area contributed by atoms with Crippen LogP contribution in [-0.2, 0) is 6.42 Å². The van der Waals surface area contributed by atoms with Crippen molar-refractivity contribution in [3.05, 3.63) is 59.4 Å². The van der Waals surface area contributed by atoms with Crippen LogP contribution >= 0.6 is 0 Å². The van der Waals surface area contributed by atoms with E-state index in [0.29, 0.717) is 6.42 Å². The summed E-state index contributed by atoms with van der Waals surface area (Å²) in [5, 5.41) is 0. The first-order chi connectivity index (χ1) is 9.50. The molecule has 0 bridgehead atoms. The molecule has 0 aliphatic heterocycles. The Kier molecular flexibility index (Phi) is 4.22. The summed E-state index contributed by atoms with van der Waals surface area (Å²) in [6.45, 7) is 0.209. The van der Waals surface area contributed by atoms with Crippen molar-refractivity contribution < 1.29 is 17.6 Å². The molecule has 2 nitrogen and oxygen atoms in total. The van der Waals surface area contributed by atoms with Gasteiger partial charge in [-0.1, -0.05) is 30.3 Å². The number of anilines is 1. The van der Waals surface area contributed by atoms with Crippen molar-refractivity contribution in [3.63, 3.8) is 0 Å². The van der Waals surface area contributed by atoms with E-state index in [1.807, 2.05) is 30.3 Å². The van der Waals surface area contributed by atoms with Gasteiger partial charge >= 0.3 is 0 Å². The van der Waals surface area contributed by atoms with Crippen molar-refractivity contribution in [1.29, 1.82) is 0 Å². The molecule has 2 aromatic rings. The monoisotopic (exact) mass is 284 g/mol. The number of nitrogens with zero attached hydrogens (tertiary/aromatic N) is 2. The van der Waals surface area contributed by atoms with Gasteiger partial charge in [0.1, 0.15) is 5.69 Å². The van der Waals surface area contributed by atoms with E-state index in [1.54, 1.807) is 0 Å². The summed E-state index contributed by atoms with van der Waals surface area (Å²) < 4.78 is 53.1. The predicted octanol–water partition coefficient (Wildman–Crippen LogP) is 3.32. The van der Waals surface area contributed by atoms with Crippen molar-refractivity contribution in [2.24, 2.45) is 0 Å². The molecular formula is C14H12F4N2. The van der Waals surface area contributed by atoms with Gasteiger partial charge in [0.2, 0.25) is 11.6 Å². The van der Waals surface area contributed by atoms with E-state index >= 15 is 0 Å². The first-order valence-corrected chi connectivity index (χ1v) is 5.95. The van der Waals surface area contributed by atoms with E-state index in [1.165, 1.54) is 7.05 Å². The number of hydrogen-bond donors (Lipinski definition) is 0. The molecule has 1 aromatic carbocycles. The molecule has 0 amide bonds. The Bertz CT molecular complexity index is 576. The summed E-state index contributed by atoms with van der Waals surface area (Å²) in [6, 6.07) is 9.23. The predicted molar refractivity (Wildman–Crippen MR) is 67.5 cm³/mol. The molecule has 0 unspecified atom stereocenters. The number of pyridine rings is 1. The smallest absolute Gasteiger partial charge is 0.253 e. The highest BCUT2D eigenvalue weighted by Gasteiger charge is 2.23. The molecule has 6 heteroatoms. The van der Waals surface area contributed by atoms with Crippen molar-refractivity contribution in [2.45, 2.75) is 6.42 Å². The summed E-state index contributed by atoms with van der Waals surface area (Å²) in [4.78, 5) is 3.65. The van der Waals surface area contributed by atoms with E-state index in [4.69, 9.17) is 0 Å². The Morgan fingerprint density at radius 1 is 0.950 bits per heavy atom. The SMILES string of the molecule is CN(CCc1ccccc1)c1c(F)c(F)nc(F)c1F. The number of hydrogen-bond acceptors (Lipinski definition) is 2. The summed E-state index contributed by atoms with van der Waals surface area (Å²) in [5.74, 6) is -6.27. The zero-order valence-corrected chi connectivity index (χ0v) is 10.7. The Morgan fingerprint density at radius 2 is 1.50 bits per heavy atom. The number of aromatic nitrogens is 1. The van der Waals surface area contributed by atoms with Crippen molar-refractivity contribution in [1.82, 2.24) is 4.98 Å². The molecular weight excluding hydrogens is 272 g/mol. The lowest BCUT2D eigenvalue weighted by Crippen LogP contribution is -2.24. The van der Waals surface area contributed by atoms with Crippen LogP contribution < -0.4 is 4.90 Å². The fourth-order valence-corrected chi connectivity index (χ4v) is 1.86. The standard InChI is InChI=1S/C14H12F4N2/c1-20(8-7-9-5-3-2-4-6-9)12-10(15)13(17)19-14(18)11(12)16/h2-6H,7-8H2,1H3. The van der Waals surface area contributed by atoms with E-state index in [2.05, 4.69) is 4.98 Å². The third-order valence-corrected chi connectivity index (χ3v) is 2.93. The average molecular weight is 284 g/mol. The molecule has 0 aliphatic rings. The van der Waals surface area contributed by atoms with E-state index < -0.39 is 29.2 Å². The second-order valence-electron chi connectivity index (χ2n) is 4.33. The Balaban J connectivity index is 2.19. The molecule has 0 fully saturated rings. The van der Waals surface area contributed by atoms with Gasteiger partial charge in [0.05, 0.1) is 0 Å². The van der Waals surface area contributed by atoms with E-state index in [9.17, 15) is 17.6 Å². The maximum absolute atomic E-state index is 13.5. The lowest BCUT2D eigenvalue weighted by molar-refractivity contribution is 0.407. The molecule has 1 aromatic heterocycles. The van der Waals surface area contributed by atoms with Gasteiger partial charge in [0.25, 0.3) is 11.9 Å². The zero-order valence-electron chi connectivity index (χ0n) is 10.7. The van der Waals surface area contributed by atoms with Crippen LogP contribution in [0.15, 0.2) is 30.3 Å².